The summed E-state index contributed by atoms with van der Waals surface area (Å²) in [6.07, 6.45) is 0.315. The number of esters is 2. The zero-order valence-electron chi connectivity index (χ0n) is 14.5. The van der Waals surface area contributed by atoms with E-state index in [0.717, 1.165) is 5.56 Å². The lowest BCUT2D eigenvalue weighted by atomic mass is 9.72. The van der Waals surface area contributed by atoms with E-state index in [0.29, 0.717) is 6.42 Å². The first-order chi connectivity index (χ1) is 11.7. The van der Waals surface area contributed by atoms with Crippen LogP contribution in [0.2, 0.25) is 0 Å². The predicted octanol–water partition coefficient (Wildman–Crippen LogP) is 2.42. The molecule has 134 valence electrons. The van der Waals surface area contributed by atoms with E-state index < -0.39 is 47.4 Å². The summed E-state index contributed by atoms with van der Waals surface area (Å²) in [6, 6.07) is 9.49. The average molecular weight is 346 g/mol. The molecule has 4 unspecified atom stereocenters. The highest BCUT2D eigenvalue weighted by molar-refractivity contribution is 6.00. The first kappa shape index (κ1) is 18.8. The predicted molar refractivity (Wildman–Crippen MR) is 88.5 cm³/mol. The number of ether oxygens (including phenoxy) is 1. The topological polar surface area (TPSA) is 97.7 Å². The molecule has 1 N–H and O–H groups in total. The number of Topliss-reactive ketones (excluding diaryl/α,β-unsaturated/α-hetero) is 1. The third kappa shape index (κ3) is 3.95. The second kappa shape index (κ2) is 7.59. The van der Waals surface area contributed by atoms with Crippen molar-refractivity contribution in [3.05, 3.63) is 35.9 Å². The van der Waals surface area contributed by atoms with Gasteiger partial charge in [0.05, 0.1) is 17.8 Å². The molecule has 1 heterocycles. The van der Waals surface area contributed by atoms with Gasteiger partial charge in [0.25, 0.3) is 0 Å². The van der Waals surface area contributed by atoms with Crippen LogP contribution in [-0.4, -0.2) is 28.8 Å². The van der Waals surface area contributed by atoms with Gasteiger partial charge in [-0.2, -0.15) is 0 Å². The van der Waals surface area contributed by atoms with Crippen molar-refractivity contribution >= 4 is 23.7 Å². The molecule has 1 aromatic rings. The van der Waals surface area contributed by atoms with Crippen molar-refractivity contribution in [2.45, 2.75) is 33.1 Å². The van der Waals surface area contributed by atoms with Crippen molar-refractivity contribution in [3.8, 4) is 0 Å². The number of carboxylic acid groups (broad SMARTS) is 1. The largest absolute Gasteiger partial charge is 0.481 e. The summed E-state index contributed by atoms with van der Waals surface area (Å²) < 4.78 is 4.76. The van der Waals surface area contributed by atoms with Crippen LogP contribution < -0.4 is 0 Å². The highest BCUT2D eigenvalue weighted by Gasteiger charge is 2.52. The Morgan fingerprint density at radius 2 is 1.72 bits per heavy atom. The molecule has 25 heavy (non-hydrogen) atoms. The molecule has 2 rings (SSSR count). The molecule has 0 bridgehead atoms. The van der Waals surface area contributed by atoms with Gasteiger partial charge in [-0.15, -0.1) is 0 Å². The van der Waals surface area contributed by atoms with Crippen LogP contribution in [0.5, 0.6) is 0 Å². The Hall–Kier alpha value is -2.50. The number of cyclic esters (lactones) is 2. The van der Waals surface area contributed by atoms with E-state index in [2.05, 4.69) is 0 Å². The van der Waals surface area contributed by atoms with Gasteiger partial charge in [0, 0.05) is 5.92 Å². The molecule has 1 aliphatic rings. The van der Waals surface area contributed by atoms with Crippen molar-refractivity contribution in [1.82, 2.24) is 0 Å². The zero-order valence-corrected chi connectivity index (χ0v) is 14.5. The summed E-state index contributed by atoms with van der Waals surface area (Å²) in [6.45, 7) is 4.55. The maximum atomic E-state index is 12.2. The van der Waals surface area contributed by atoms with Gasteiger partial charge in [0.2, 0.25) is 0 Å². The first-order valence-corrected chi connectivity index (χ1v) is 8.27. The lowest BCUT2D eigenvalue weighted by Crippen LogP contribution is -2.38. The fourth-order valence-corrected chi connectivity index (χ4v) is 3.56. The van der Waals surface area contributed by atoms with Crippen molar-refractivity contribution in [1.29, 1.82) is 0 Å². The molecule has 0 aliphatic carbocycles. The van der Waals surface area contributed by atoms with Gasteiger partial charge in [0.1, 0.15) is 5.78 Å². The summed E-state index contributed by atoms with van der Waals surface area (Å²) in [7, 11) is 0. The van der Waals surface area contributed by atoms with E-state index in [1.165, 1.54) is 13.8 Å². The number of ketones is 1. The first-order valence-electron chi connectivity index (χ1n) is 8.27. The van der Waals surface area contributed by atoms with Crippen LogP contribution in [0.15, 0.2) is 30.3 Å². The van der Waals surface area contributed by atoms with Gasteiger partial charge in [-0.1, -0.05) is 44.2 Å². The third-order valence-electron chi connectivity index (χ3n) is 4.97. The van der Waals surface area contributed by atoms with Crippen molar-refractivity contribution in [3.63, 3.8) is 0 Å². The number of hydrogen-bond donors (Lipinski definition) is 1. The Bertz CT molecular complexity index is 680. The maximum absolute atomic E-state index is 12.2. The minimum absolute atomic E-state index is 0.0418. The van der Waals surface area contributed by atoms with Gasteiger partial charge in [-0.3, -0.25) is 19.2 Å². The Morgan fingerprint density at radius 1 is 1.12 bits per heavy atom. The molecule has 0 spiro atoms. The molecular formula is C19H22O6. The van der Waals surface area contributed by atoms with Crippen molar-refractivity contribution < 1.29 is 29.0 Å². The van der Waals surface area contributed by atoms with Gasteiger partial charge in [-0.25, -0.2) is 0 Å². The smallest absolute Gasteiger partial charge is 0.318 e. The van der Waals surface area contributed by atoms with Gasteiger partial charge >= 0.3 is 17.9 Å². The number of carbonyl (C=O) groups excluding carboxylic acids is 3. The number of hydrogen-bond acceptors (Lipinski definition) is 5. The third-order valence-corrected chi connectivity index (χ3v) is 4.97. The number of carboxylic acids is 1. The van der Waals surface area contributed by atoms with Gasteiger partial charge in [0.15, 0.2) is 0 Å². The highest BCUT2D eigenvalue weighted by atomic mass is 16.6. The van der Waals surface area contributed by atoms with Gasteiger partial charge in [-0.05, 0) is 24.8 Å². The minimum Gasteiger partial charge on any atom is -0.481 e. The summed E-state index contributed by atoms with van der Waals surface area (Å²) in [5.41, 5.74) is 0.999. The molecule has 6 nitrogen and oxygen atoms in total. The maximum Gasteiger partial charge on any atom is 0.318 e. The quantitative estimate of drug-likeness (QED) is 0.601. The Morgan fingerprint density at radius 3 is 2.24 bits per heavy atom. The van der Waals surface area contributed by atoms with Crippen LogP contribution in [0.1, 0.15) is 38.7 Å². The standard InChI is InChI=1S/C19H22O6/c1-10(13-7-5-4-6-8-13)9-14-16(19(24)25-18(14)23)15(12(3)20)11(2)17(21)22/h4-8,10-11,14-16H,9H2,1-3H3,(H,21,22)/t10?,11?,14?,15-,16?/m0/s1. The van der Waals surface area contributed by atoms with Crippen LogP contribution in [0, 0.1) is 23.7 Å². The van der Waals surface area contributed by atoms with E-state index in [4.69, 9.17) is 4.74 Å². The molecule has 0 saturated carbocycles. The Kier molecular flexibility index (Phi) is 5.72. The number of rotatable bonds is 7. The summed E-state index contributed by atoms with van der Waals surface area (Å²) in [5, 5.41) is 9.27. The highest BCUT2D eigenvalue weighted by Crippen LogP contribution is 2.40. The van der Waals surface area contributed by atoms with Crippen molar-refractivity contribution in [2.24, 2.45) is 23.7 Å². The van der Waals surface area contributed by atoms with E-state index in [1.54, 1.807) is 0 Å². The zero-order chi connectivity index (χ0) is 18.7. The van der Waals surface area contributed by atoms with E-state index in [1.807, 2.05) is 37.3 Å². The lowest BCUT2D eigenvalue weighted by Gasteiger charge is -2.26. The SMILES string of the molecule is CC(=O)[C@H](C(C)C(=O)O)C1C(=O)OC(=O)C1CC(C)c1ccccc1. The summed E-state index contributed by atoms with van der Waals surface area (Å²) in [5.74, 6) is -7.16. The molecule has 1 aromatic carbocycles. The monoisotopic (exact) mass is 346 g/mol. The van der Waals surface area contributed by atoms with Crippen LogP contribution >= 0.6 is 0 Å². The van der Waals surface area contributed by atoms with E-state index in [9.17, 15) is 24.3 Å². The molecule has 1 aliphatic heterocycles. The van der Waals surface area contributed by atoms with Gasteiger partial charge < -0.3 is 9.84 Å². The molecule has 0 aromatic heterocycles. The minimum atomic E-state index is -1.18. The molecule has 6 heteroatoms. The van der Waals surface area contributed by atoms with Crippen LogP contribution in [0.3, 0.4) is 0 Å². The Labute approximate surface area is 146 Å². The van der Waals surface area contributed by atoms with Crippen molar-refractivity contribution in [2.75, 3.05) is 0 Å². The second-order valence-corrected chi connectivity index (χ2v) is 6.68. The summed E-state index contributed by atoms with van der Waals surface area (Å²) >= 11 is 0. The number of aliphatic carboxylic acids is 1. The molecule has 1 saturated heterocycles. The second-order valence-electron chi connectivity index (χ2n) is 6.68. The van der Waals surface area contributed by atoms with Crippen LogP contribution in [-0.2, 0) is 23.9 Å². The number of benzene rings is 1. The fraction of sp³-hybridized carbons (Fsp3) is 0.474. The van der Waals surface area contributed by atoms with E-state index >= 15 is 0 Å². The van der Waals surface area contributed by atoms with Crippen LogP contribution in [0.4, 0.5) is 0 Å². The average Bonchev–Trinajstić information content (AvgIpc) is 2.82. The normalized spacial score (nSPS) is 23.6. The fourth-order valence-electron chi connectivity index (χ4n) is 3.56. The molecule has 5 atom stereocenters. The molecule has 0 radical (unpaired) electrons. The molecular weight excluding hydrogens is 324 g/mol. The lowest BCUT2D eigenvalue weighted by molar-refractivity contribution is -0.155. The molecule has 0 amide bonds. The summed E-state index contributed by atoms with van der Waals surface area (Å²) in [4.78, 5) is 47.8. The van der Waals surface area contributed by atoms with E-state index in [-0.39, 0.29) is 5.92 Å². The Balaban J connectivity index is 2.30. The van der Waals surface area contributed by atoms with Crippen LogP contribution in [0.25, 0.3) is 0 Å². The molecule has 1 fully saturated rings. The number of carbonyl (C=O) groups is 4.